The Morgan fingerprint density at radius 3 is 2.18 bits per heavy atom. The number of allylic oxidation sites excluding steroid dienone is 1. The lowest BCUT2D eigenvalue weighted by atomic mass is 9.84. The Morgan fingerprint density at radius 2 is 1.50 bits per heavy atom. The third kappa shape index (κ3) is 4.16. The van der Waals surface area contributed by atoms with Crippen LogP contribution in [0.3, 0.4) is 0 Å². The van der Waals surface area contributed by atoms with Crippen LogP contribution in [0.2, 0.25) is 0 Å². The molecule has 2 aromatic carbocycles. The van der Waals surface area contributed by atoms with Gasteiger partial charge in [0, 0.05) is 11.8 Å². The number of hydrogen-bond acceptors (Lipinski definition) is 2. The van der Waals surface area contributed by atoms with E-state index in [0.29, 0.717) is 12.8 Å². The van der Waals surface area contributed by atoms with Gasteiger partial charge in [-0.15, -0.1) is 0 Å². The van der Waals surface area contributed by atoms with Crippen LogP contribution >= 0.6 is 0 Å². The van der Waals surface area contributed by atoms with Crippen LogP contribution in [0.25, 0.3) is 0 Å². The van der Waals surface area contributed by atoms with E-state index in [-0.39, 0.29) is 47.7 Å². The predicted molar refractivity (Wildman–Crippen MR) is 98.7 cm³/mol. The van der Waals surface area contributed by atoms with E-state index in [1.54, 1.807) is 13.0 Å². The third-order valence-electron chi connectivity index (χ3n) is 4.93. The molecule has 0 N–H and O–H groups in total. The van der Waals surface area contributed by atoms with E-state index in [1.807, 2.05) is 12.2 Å². The maximum atomic E-state index is 14.4. The van der Waals surface area contributed by atoms with E-state index in [2.05, 4.69) is 0 Å². The van der Waals surface area contributed by atoms with Crippen molar-refractivity contribution in [3.8, 4) is 11.5 Å². The number of benzene rings is 2. The third-order valence-corrected chi connectivity index (χ3v) is 4.93. The second-order valence-electron chi connectivity index (χ2n) is 6.86. The second kappa shape index (κ2) is 8.67. The first kappa shape index (κ1) is 20.2. The fourth-order valence-corrected chi connectivity index (χ4v) is 3.31. The lowest BCUT2D eigenvalue weighted by molar-refractivity contribution is 0.246. The molecule has 2 nitrogen and oxygen atoms in total. The van der Waals surface area contributed by atoms with Gasteiger partial charge in [0.25, 0.3) is 0 Å². The molecule has 0 heterocycles. The van der Waals surface area contributed by atoms with E-state index in [9.17, 15) is 17.6 Å². The summed E-state index contributed by atoms with van der Waals surface area (Å²) in [5.74, 6) is -4.28. The molecule has 2 unspecified atom stereocenters. The van der Waals surface area contributed by atoms with Crippen molar-refractivity contribution in [2.24, 2.45) is 5.92 Å². The van der Waals surface area contributed by atoms with Gasteiger partial charge in [0.15, 0.2) is 23.1 Å². The maximum Gasteiger partial charge on any atom is 0.200 e. The van der Waals surface area contributed by atoms with Gasteiger partial charge in [-0.25, -0.2) is 8.78 Å². The van der Waals surface area contributed by atoms with Crippen LogP contribution in [-0.4, -0.2) is 13.2 Å². The van der Waals surface area contributed by atoms with Crippen molar-refractivity contribution in [3.63, 3.8) is 0 Å². The summed E-state index contributed by atoms with van der Waals surface area (Å²) in [5, 5.41) is 0. The molecule has 6 heteroatoms. The summed E-state index contributed by atoms with van der Waals surface area (Å²) in [6.07, 6.45) is 4.91. The number of rotatable bonds is 6. The molecular weight excluding hydrogens is 372 g/mol. The Bertz CT molecular complexity index is 879. The van der Waals surface area contributed by atoms with Crippen LogP contribution in [-0.2, 0) is 0 Å². The standard InChI is InChI=1S/C22H22F4O2/c1-3-27-17-11-9-16(20(24)22(17)26)15-7-5-14(6-8-15)12-28-18-10-4-13(2)19(23)21(18)25/h4-5,7,9-11,14-15H,3,6,8,12H2,1-2H3. The van der Waals surface area contributed by atoms with Gasteiger partial charge < -0.3 is 9.47 Å². The van der Waals surface area contributed by atoms with Gasteiger partial charge in [-0.1, -0.05) is 24.3 Å². The van der Waals surface area contributed by atoms with E-state index in [4.69, 9.17) is 9.47 Å². The predicted octanol–water partition coefficient (Wildman–Crippen LogP) is 6.08. The molecule has 28 heavy (non-hydrogen) atoms. The van der Waals surface area contributed by atoms with Gasteiger partial charge in [-0.2, -0.15) is 8.78 Å². The highest BCUT2D eigenvalue weighted by atomic mass is 19.2. The highest BCUT2D eigenvalue weighted by Gasteiger charge is 2.24. The zero-order valence-electron chi connectivity index (χ0n) is 15.8. The van der Waals surface area contributed by atoms with E-state index >= 15 is 0 Å². The highest BCUT2D eigenvalue weighted by molar-refractivity contribution is 5.35. The summed E-state index contributed by atoms with van der Waals surface area (Å²) in [6.45, 7) is 3.62. The summed E-state index contributed by atoms with van der Waals surface area (Å²) in [4.78, 5) is 0. The maximum absolute atomic E-state index is 14.4. The molecule has 2 aromatic rings. The lowest BCUT2D eigenvalue weighted by Gasteiger charge is -2.24. The SMILES string of the molecule is CCOc1ccc(C2C=CC(COc3ccc(C)c(F)c3F)CC2)c(F)c1F. The van der Waals surface area contributed by atoms with Crippen molar-refractivity contribution in [2.75, 3.05) is 13.2 Å². The molecule has 2 atom stereocenters. The van der Waals surface area contributed by atoms with Gasteiger partial charge in [0.2, 0.25) is 11.6 Å². The Labute approximate surface area is 161 Å². The zero-order valence-corrected chi connectivity index (χ0v) is 15.8. The molecular formula is C22H22F4O2. The fourth-order valence-electron chi connectivity index (χ4n) is 3.31. The largest absolute Gasteiger partial charge is 0.491 e. The molecule has 150 valence electrons. The van der Waals surface area contributed by atoms with Crippen LogP contribution in [0, 0.1) is 36.1 Å². The van der Waals surface area contributed by atoms with E-state index in [0.717, 1.165) is 0 Å². The van der Waals surface area contributed by atoms with Crippen molar-refractivity contribution < 1.29 is 27.0 Å². The van der Waals surface area contributed by atoms with Crippen LogP contribution < -0.4 is 9.47 Å². The first-order valence-electron chi connectivity index (χ1n) is 9.28. The summed E-state index contributed by atoms with van der Waals surface area (Å²) < 4.78 is 66.4. The first-order valence-corrected chi connectivity index (χ1v) is 9.28. The van der Waals surface area contributed by atoms with Crippen LogP contribution in [0.1, 0.15) is 36.8 Å². The second-order valence-corrected chi connectivity index (χ2v) is 6.86. The molecule has 0 aromatic heterocycles. The van der Waals surface area contributed by atoms with Gasteiger partial charge >= 0.3 is 0 Å². The Balaban J connectivity index is 1.65. The molecule has 0 saturated carbocycles. The summed E-state index contributed by atoms with van der Waals surface area (Å²) in [5.41, 5.74) is 0.498. The fraction of sp³-hybridized carbons (Fsp3) is 0.364. The number of halogens is 4. The molecule has 0 spiro atoms. The highest BCUT2D eigenvalue weighted by Crippen LogP contribution is 2.35. The molecule has 0 radical (unpaired) electrons. The zero-order chi connectivity index (χ0) is 20.3. The molecule has 1 aliphatic carbocycles. The monoisotopic (exact) mass is 394 g/mol. The van der Waals surface area contributed by atoms with E-state index < -0.39 is 23.3 Å². The van der Waals surface area contributed by atoms with Gasteiger partial charge in [0.1, 0.15) is 0 Å². The number of ether oxygens (including phenoxy) is 2. The van der Waals surface area contributed by atoms with Gasteiger partial charge in [0.05, 0.1) is 13.2 Å². The van der Waals surface area contributed by atoms with Crippen molar-refractivity contribution in [1.29, 1.82) is 0 Å². The molecule has 0 fully saturated rings. The average molecular weight is 394 g/mol. The topological polar surface area (TPSA) is 18.5 Å². The van der Waals surface area contributed by atoms with Crippen molar-refractivity contribution in [1.82, 2.24) is 0 Å². The average Bonchev–Trinajstić information content (AvgIpc) is 2.70. The smallest absolute Gasteiger partial charge is 0.200 e. The summed E-state index contributed by atoms with van der Waals surface area (Å²) in [7, 11) is 0. The van der Waals surface area contributed by atoms with Crippen molar-refractivity contribution in [2.45, 2.75) is 32.6 Å². The minimum atomic E-state index is -0.996. The Kier molecular flexibility index (Phi) is 6.27. The molecule has 0 bridgehead atoms. The number of aryl methyl sites for hydroxylation is 1. The minimum absolute atomic E-state index is 0.0179. The van der Waals surface area contributed by atoms with Crippen LogP contribution in [0.15, 0.2) is 36.4 Å². The Morgan fingerprint density at radius 1 is 0.821 bits per heavy atom. The molecule has 0 amide bonds. The van der Waals surface area contributed by atoms with Crippen molar-refractivity contribution >= 4 is 0 Å². The van der Waals surface area contributed by atoms with E-state index in [1.165, 1.54) is 25.1 Å². The molecule has 1 aliphatic rings. The summed E-state index contributed by atoms with van der Waals surface area (Å²) in [6, 6.07) is 5.85. The van der Waals surface area contributed by atoms with Crippen molar-refractivity contribution in [3.05, 3.63) is 70.8 Å². The molecule has 0 saturated heterocycles. The quantitative estimate of drug-likeness (QED) is 0.437. The van der Waals surface area contributed by atoms with Crippen LogP contribution in [0.4, 0.5) is 17.6 Å². The first-order chi connectivity index (χ1) is 13.4. The van der Waals surface area contributed by atoms with Gasteiger partial charge in [-0.3, -0.25) is 0 Å². The minimum Gasteiger partial charge on any atom is -0.491 e. The molecule has 0 aliphatic heterocycles. The van der Waals surface area contributed by atoms with Crippen LogP contribution in [0.5, 0.6) is 11.5 Å². The van der Waals surface area contributed by atoms with Gasteiger partial charge in [-0.05, 0) is 49.9 Å². The lowest BCUT2D eigenvalue weighted by Crippen LogP contribution is -2.16. The molecule has 3 rings (SSSR count). The normalized spacial score (nSPS) is 18.9. The summed E-state index contributed by atoms with van der Waals surface area (Å²) >= 11 is 0. The number of hydrogen-bond donors (Lipinski definition) is 0. The Hall–Kier alpha value is -2.50.